The third-order valence-electron chi connectivity index (χ3n) is 5.06. The van der Waals surface area contributed by atoms with Gasteiger partial charge in [-0.3, -0.25) is 9.59 Å². The fourth-order valence-corrected chi connectivity index (χ4v) is 2.87. The zero-order valence-corrected chi connectivity index (χ0v) is 19.8. The summed E-state index contributed by atoms with van der Waals surface area (Å²) in [5.41, 5.74) is -0.0821. The summed E-state index contributed by atoms with van der Waals surface area (Å²) in [6.07, 6.45) is 2.72. The summed E-state index contributed by atoms with van der Waals surface area (Å²) >= 11 is 0. The van der Waals surface area contributed by atoms with Crippen LogP contribution in [-0.2, 0) is 9.59 Å². The van der Waals surface area contributed by atoms with Crippen molar-refractivity contribution in [3.8, 4) is 0 Å². The Morgan fingerprint density at radius 3 is 1.41 bits per heavy atom. The van der Waals surface area contributed by atoms with E-state index >= 15 is 0 Å². The number of aliphatic carboxylic acids is 1. The van der Waals surface area contributed by atoms with E-state index in [1.807, 2.05) is 13.8 Å². The SMILES string of the molecule is CC(C)CC(C(=O)O)C(C)C.CCC(C)(C)NC(=O)C(CC(C)C)C(C)C. The highest BCUT2D eigenvalue weighted by molar-refractivity contribution is 5.79. The van der Waals surface area contributed by atoms with E-state index < -0.39 is 5.97 Å². The molecule has 2 N–H and O–H groups in total. The molecule has 0 aromatic rings. The molecule has 0 aliphatic carbocycles. The number of carboxylic acid groups (broad SMARTS) is 1. The molecule has 1 amide bonds. The Kier molecular flexibility index (Phi) is 13.7. The maximum atomic E-state index is 12.2. The highest BCUT2D eigenvalue weighted by atomic mass is 16.4. The van der Waals surface area contributed by atoms with E-state index in [1.54, 1.807) is 0 Å². The summed E-state index contributed by atoms with van der Waals surface area (Å²) in [5, 5.41) is 11.9. The summed E-state index contributed by atoms with van der Waals surface area (Å²) < 4.78 is 0. The Morgan fingerprint density at radius 2 is 1.19 bits per heavy atom. The number of nitrogens with one attached hydrogen (secondary N) is 1. The monoisotopic (exact) mass is 385 g/mol. The number of carbonyl (C=O) groups is 2. The lowest BCUT2D eigenvalue weighted by atomic mass is 9.86. The lowest BCUT2D eigenvalue weighted by Crippen LogP contribution is -2.46. The molecule has 0 aliphatic heterocycles. The van der Waals surface area contributed by atoms with Crippen LogP contribution in [0.1, 0.15) is 95.4 Å². The third kappa shape index (κ3) is 13.7. The van der Waals surface area contributed by atoms with Crippen molar-refractivity contribution in [3.63, 3.8) is 0 Å². The van der Waals surface area contributed by atoms with Crippen molar-refractivity contribution in [2.45, 2.75) is 101 Å². The van der Waals surface area contributed by atoms with Gasteiger partial charge in [-0.1, -0.05) is 62.3 Å². The van der Waals surface area contributed by atoms with Crippen LogP contribution >= 0.6 is 0 Å². The lowest BCUT2D eigenvalue weighted by molar-refractivity contribution is -0.143. The van der Waals surface area contributed by atoms with Gasteiger partial charge in [0.1, 0.15) is 0 Å². The lowest BCUT2D eigenvalue weighted by Gasteiger charge is -2.29. The van der Waals surface area contributed by atoms with E-state index in [0.717, 1.165) is 19.3 Å². The first-order valence-corrected chi connectivity index (χ1v) is 10.7. The van der Waals surface area contributed by atoms with E-state index in [4.69, 9.17) is 5.11 Å². The minimum Gasteiger partial charge on any atom is -0.481 e. The summed E-state index contributed by atoms with van der Waals surface area (Å²) in [7, 11) is 0. The standard InChI is InChI=1S/C14H29NO.C9H18O2/c1-8-14(6,7)15-13(16)12(11(4)5)9-10(2)3;1-6(2)5-8(7(3)4)9(10)11/h10-12H,8-9H2,1-7H3,(H,15,16);6-8H,5H2,1-4H3,(H,10,11). The van der Waals surface area contributed by atoms with Crippen LogP contribution in [0.2, 0.25) is 0 Å². The smallest absolute Gasteiger partial charge is 0.306 e. The van der Waals surface area contributed by atoms with Gasteiger partial charge in [-0.25, -0.2) is 0 Å². The van der Waals surface area contributed by atoms with Gasteiger partial charge in [0.15, 0.2) is 0 Å². The second-order valence-electron chi connectivity index (χ2n) is 10.0. The molecule has 162 valence electrons. The number of amides is 1. The van der Waals surface area contributed by atoms with Crippen molar-refractivity contribution >= 4 is 11.9 Å². The predicted octanol–water partition coefficient (Wildman–Crippen LogP) is 6.00. The molecule has 0 bridgehead atoms. The molecule has 0 aliphatic rings. The molecule has 0 fully saturated rings. The Balaban J connectivity index is 0. The predicted molar refractivity (Wildman–Crippen MR) is 116 cm³/mol. The summed E-state index contributed by atoms with van der Waals surface area (Å²) in [6.45, 7) is 22.9. The normalized spacial score (nSPS) is 14.2. The van der Waals surface area contributed by atoms with Gasteiger partial charge in [-0.15, -0.1) is 0 Å². The van der Waals surface area contributed by atoms with E-state index in [-0.39, 0.29) is 29.2 Å². The number of rotatable bonds is 10. The summed E-state index contributed by atoms with van der Waals surface area (Å²) in [5.74, 6) is 1.23. The molecular formula is C23H47NO3. The highest BCUT2D eigenvalue weighted by Gasteiger charge is 2.27. The van der Waals surface area contributed by atoms with Crippen LogP contribution in [0, 0.1) is 35.5 Å². The molecule has 0 saturated carbocycles. The van der Waals surface area contributed by atoms with E-state index in [2.05, 4.69) is 67.6 Å². The van der Waals surface area contributed by atoms with Gasteiger partial charge in [0.05, 0.1) is 5.92 Å². The highest BCUT2D eigenvalue weighted by Crippen LogP contribution is 2.22. The molecule has 0 rings (SSSR count). The Hall–Kier alpha value is -1.06. The molecule has 0 saturated heterocycles. The van der Waals surface area contributed by atoms with Gasteiger partial charge in [0.25, 0.3) is 0 Å². The maximum Gasteiger partial charge on any atom is 0.306 e. The Labute approximate surface area is 168 Å². The first kappa shape index (κ1) is 28.2. The first-order chi connectivity index (χ1) is 12.1. The molecular weight excluding hydrogens is 338 g/mol. The average Bonchev–Trinajstić information content (AvgIpc) is 2.49. The summed E-state index contributed by atoms with van der Waals surface area (Å²) in [6, 6.07) is 0. The van der Waals surface area contributed by atoms with Crippen LogP contribution in [0.4, 0.5) is 0 Å². The van der Waals surface area contributed by atoms with E-state index in [1.165, 1.54) is 0 Å². The van der Waals surface area contributed by atoms with Gasteiger partial charge in [0, 0.05) is 11.5 Å². The Bertz CT molecular complexity index is 425. The molecule has 2 unspecified atom stereocenters. The molecule has 4 heteroatoms. The zero-order chi connectivity index (χ0) is 21.9. The molecule has 27 heavy (non-hydrogen) atoms. The maximum absolute atomic E-state index is 12.2. The minimum absolute atomic E-state index is 0.0821. The van der Waals surface area contributed by atoms with Crippen molar-refractivity contribution in [1.82, 2.24) is 5.32 Å². The van der Waals surface area contributed by atoms with Crippen molar-refractivity contribution in [2.75, 3.05) is 0 Å². The minimum atomic E-state index is -0.659. The molecule has 0 spiro atoms. The van der Waals surface area contributed by atoms with Crippen LogP contribution in [0.15, 0.2) is 0 Å². The van der Waals surface area contributed by atoms with Crippen molar-refractivity contribution < 1.29 is 14.7 Å². The first-order valence-electron chi connectivity index (χ1n) is 10.7. The third-order valence-corrected chi connectivity index (χ3v) is 5.06. The molecule has 0 heterocycles. The van der Waals surface area contributed by atoms with Crippen molar-refractivity contribution in [2.24, 2.45) is 35.5 Å². The van der Waals surface area contributed by atoms with Gasteiger partial charge >= 0.3 is 5.97 Å². The molecule has 2 atom stereocenters. The molecule has 4 nitrogen and oxygen atoms in total. The number of hydrogen-bond donors (Lipinski definition) is 2. The fraction of sp³-hybridized carbons (Fsp3) is 0.913. The topological polar surface area (TPSA) is 66.4 Å². The quantitative estimate of drug-likeness (QED) is 0.485. The summed E-state index contributed by atoms with van der Waals surface area (Å²) in [4.78, 5) is 22.9. The number of carbonyl (C=O) groups excluding carboxylic acids is 1. The number of hydrogen-bond acceptors (Lipinski definition) is 2. The molecule has 0 aromatic heterocycles. The van der Waals surface area contributed by atoms with Gasteiger partial charge in [-0.05, 0) is 56.8 Å². The average molecular weight is 386 g/mol. The second kappa shape index (κ2) is 13.2. The molecule has 0 radical (unpaired) electrons. The second-order valence-corrected chi connectivity index (χ2v) is 10.0. The fourth-order valence-electron chi connectivity index (χ4n) is 2.87. The van der Waals surface area contributed by atoms with Gasteiger partial charge in [-0.2, -0.15) is 0 Å². The van der Waals surface area contributed by atoms with Crippen LogP contribution < -0.4 is 5.32 Å². The van der Waals surface area contributed by atoms with E-state index in [9.17, 15) is 9.59 Å². The van der Waals surface area contributed by atoms with Crippen molar-refractivity contribution in [1.29, 1.82) is 0 Å². The van der Waals surface area contributed by atoms with Crippen LogP contribution in [-0.4, -0.2) is 22.5 Å². The molecule has 0 aromatic carbocycles. The van der Waals surface area contributed by atoms with Crippen molar-refractivity contribution in [3.05, 3.63) is 0 Å². The van der Waals surface area contributed by atoms with E-state index in [0.29, 0.717) is 17.8 Å². The van der Waals surface area contributed by atoms with Crippen LogP contribution in [0.25, 0.3) is 0 Å². The zero-order valence-electron chi connectivity index (χ0n) is 19.8. The largest absolute Gasteiger partial charge is 0.481 e. The van der Waals surface area contributed by atoms with Crippen LogP contribution in [0.5, 0.6) is 0 Å². The van der Waals surface area contributed by atoms with Crippen LogP contribution in [0.3, 0.4) is 0 Å². The van der Waals surface area contributed by atoms with Gasteiger partial charge < -0.3 is 10.4 Å². The van der Waals surface area contributed by atoms with Gasteiger partial charge in [0.2, 0.25) is 5.91 Å². The Morgan fingerprint density at radius 1 is 0.815 bits per heavy atom. The number of carboxylic acids is 1.